The second-order valence-electron chi connectivity index (χ2n) is 5.59. The van der Waals surface area contributed by atoms with Gasteiger partial charge in [-0.1, -0.05) is 6.92 Å². The molecule has 0 saturated carbocycles. The minimum absolute atomic E-state index is 0.332. The van der Waals surface area contributed by atoms with Crippen molar-refractivity contribution in [1.29, 1.82) is 0 Å². The van der Waals surface area contributed by atoms with Gasteiger partial charge in [-0.2, -0.15) is 11.8 Å². The minimum atomic E-state index is 0.332. The number of amides is 1. The van der Waals surface area contributed by atoms with E-state index in [4.69, 9.17) is 4.74 Å². The van der Waals surface area contributed by atoms with Gasteiger partial charge in [0.2, 0.25) is 5.91 Å². The number of piperidine rings is 1. The second-order valence-corrected chi connectivity index (χ2v) is 6.70. The Labute approximate surface area is 120 Å². The monoisotopic (exact) mass is 286 g/mol. The highest BCUT2D eigenvalue weighted by atomic mass is 32.2. The number of morpholine rings is 1. The third-order valence-electron chi connectivity index (χ3n) is 3.89. The average Bonchev–Trinajstić information content (AvgIpc) is 2.44. The zero-order chi connectivity index (χ0) is 13.5. The van der Waals surface area contributed by atoms with Crippen LogP contribution in [0.5, 0.6) is 0 Å². The first-order chi connectivity index (χ1) is 9.25. The third-order valence-corrected chi connectivity index (χ3v) is 4.81. The standard InChI is InChI=1S/C14H26N2O2S/c1-13-3-2-4-16(11-13)14(17)12-19-10-7-15-5-8-18-9-6-15/h13H,2-12H2,1H3. The van der Waals surface area contributed by atoms with Gasteiger partial charge >= 0.3 is 0 Å². The summed E-state index contributed by atoms with van der Waals surface area (Å²) in [6.07, 6.45) is 2.44. The number of likely N-dealkylation sites (tertiary alicyclic amines) is 1. The molecule has 0 bridgehead atoms. The summed E-state index contributed by atoms with van der Waals surface area (Å²) in [5.74, 6) is 2.71. The summed E-state index contributed by atoms with van der Waals surface area (Å²) in [5.41, 5.74) is 0. The summed E-state index contributed by atoms with van der Waals surface area (Å²) in [6.45, 7) is 9.04. The lowest BCUT2D eigenvalue weighted by Crippen LogP contribution is -2.40. The van der Waals surface area contributed by atoms with Gasteiger partial charge in [0, 0.05) is 38.5 Å². The largest absolute Gasteiger partial charge is 0.379 e. The molecule has 19 heavy (non-hydrogen) atoms. The maximum atomic E-state index is 12.1. The molecule has 0 radical (unpaired) electrons. The van der Waals surface area contributed by atoms with Crippen LogP contribution in [0.15, 0.2) is 0 Å². The molecule has 0 aromatic heterocycles. The third kappa shape index (κ3) is 5.32. The van der Waals surface area contributed by atoms with Crippen LogP contribution in [0.3, 0.4) is 0 Å². The van der Waals surface area contributed by atoms with Crippen LogP contribution in [0.1, 0.15) is 19.8 Å². The minimum Gasteiger partial charge on any atom is -0.379 e. The highest BCUT2D eigenvalue weighted by molar-refractivity contribution is 7.99. The molecule has 1 atom stereocenters. The van der Waals surface area contributed by atoms with E-state index in [-0.39, 0.29) is 0 Å². The molecule has 4 nitrogen and oxygen atoms in total. The summed E-state index contributed by atoms with van der Waals surface area (Å²) in [6, 6.07) is 0. The van der Waals surface area contributed by atoms with Crippen LogP contribution in [0, 0.1) is 5.92 Å². The molecule has 2 saturated heterocycles. The Kier molecular flexibility index (Phi) is 6.47. The first-order valence-corrected chi connectivity index (χ1v) is 8.57. The van der Waals surface area contributed by atoms with E-state index in [9.17, 15) is 4.79 Å². The highest BCUT2D eigenvalue weighted by Gasteiger charge is 2.20. The van der Waals surface area contributed by atoms with Crippen molar-refractivity contribution in [3.63, 3.8) is 0 Å². The van der Waals surface area contributed by atoms with Crippen molar-refractivity contribution in [3.8, 4) is 0 Å². The van der Waals surface area contributed by atoms with Gasteiger partial charge in [0.05, 0.1) is 19.0 Å². The fourth-order valence-corrected chi connectivity index (χ4v) is 3.57. The zero-order valence-corrected chi connectivity index (χ0v) is 12.8. The Bertz CT molecular complexity index is 283. The van der Waals surface area contributed by atoms with Crippen LogP contribution < -0.4 is 0 Å². The molecular formula is C14H26N2O2S. The Morgan fingerprint density at radius 3 is 2.84 bits per heavy atom. The van der Waals surface area contributed by atoms with E-state index in [0.29, 0.717) is 17.6 Å². The summed E-state index contributed by atoms with van der Waals surface area (Å²) in [7, 11) is 0. The molecule has 0 spiro atoms. The number of rotatable bonds is 5. The number of ether oxygens (including phenoxy) is 1. The van der Waals surface area contributed by atoms with Crippen molar-refractivity contribution < 1.29 is 9.53 Å². The maximum absolute atomic E-state index is 12.1. The van der Waals surface area contributed by atoms with Gasteiger partial charge in [0.15, 0.2) is 0 Å². The first-order valence-electron chi connectivity index (χ1n) is 7.41. The van der Waals surface area contributed by atoms with Crippen molar-refractivity contribution >= 4 is 17.7 Å². The number of hydrogen-bond acceptors (Lipinski definition) is 4. The Morgan fingerprint density at radius 2 is 2.11 bits per heavy atom. The number of carbonyl (C=O) groups excluding carboxylic acids is 1. The van der Waals surface area contributed by atoms with E-state index < -0.39 is 0 Å². The van der Waals surface area contributed by atoms with Crippen LogP contribution in [0.25, 0.3) is 0 Å². The Hall–Kier alpha value is -0.260. The van der Waals surface area contributed by atoms with Crippen molar-refractivity contribution in [2.24, 2.45) is 5.92 Å². The van der Waals surface area contributed by atoms with Gasteiger partial charge in [-0.15, -0.1) is 0 Å². The smallest absolute Gasteiger partial charge is 0.232 e. The second kappa shape index (κ2) is 8.12. The lowest BCUT2D eigenvalue weighted by molar-refractivity contribution is -0.130. The number of nitrogens with zero attached hydrogens (tertiary/aromatic N) is 2. The number of carbonyl (C=O) groups is 1. The fourth-order valence-electron chi connectivity index (χ4n) is 2.69. The summed E-state index contributed by atoms with van der Waals surface area (Å²) < 4.78 is 5.32. The number of thioether (sulfide) groups is 1. The molecule has 1 amide bonds. The van der Waals surface area contributed by atoms with Crippen LogP contribution in [0.4, 0.5) is 0 Å². The fraction of sp³-hybridized carbons (Fsp3) is 0.929. The van der Waals surface area contributed by atoms with E-state index in [1.807, 2.05) is 0 Å². The summed E-state index contributed by atoms with van der Waals surface area (Å²) in [4.78, 5) is 16.5. The van der Waals surface area contributed by atoms with Gasteiger partial charge in [0.25, 0.3) is 0 Å². The van der Waals surface area contributed by atoms with Crippen LogP contribution in [-0.4, -0.2) is 73.2 Å². The summed E-state index contributed by atoms with van der Waals surface area (Å²) >= 11 is 1.78. The van der Waals surface area contributed by atoms with Gasteiger partial charge in [-0.3, -0.25) is 9.69 Å². The van der Waals surface area contributed by atoms with Crippen molar-refractivity contribution in [1.82, 2.24) is 9.80 Å². The molecule has 2 aliphatic heterocycles. The average molecular weight is 286 g/mol. The zero-order valence-electron chi connectivity index (χ0n) is 12.0. The van der Waals surface area contributed by atoms with Crippen molar-refractivity contribution in [2.45, 2.75) is 19.8 Å². The quantitative estimate of drug-likeness (QED) is 0.714. The first kappa shape index (κ1) is 15.1. The number of hydrogen-bond donors (Lipinski definition) is 0. The molecule has 0 aromatic rings. The van der Waals surface area contributed by atoms with E-state index in [1.165, 1.54) is 12.8 Å². The SMILES string of the molecule is CC1CCCN(C(=O)CSCCN2CCOCC2)C1. The lowest BCUT2D eigenvalue weighted by Gasteiger charge is -2.31. The topological polar surface area (TPSA) is 32.8 Å². The van der Waals surface area contributed by atoms with Gasteiger partial charge in [-0.05, 0) is 18.8 Å². The molecule has 0 N–H and O–H groups in total. The molecule has 2 rings (SSSR count). The van der Waals surface area contributed by atoms with E-state index in [1.54, 1.807) is 11.8 Å². The van der Waals surface area contributed by atoms with Gasteiger partial charge in [-0.25, -0.2) is 0 Å². The molecular weight excluding hydrogens is 260 g/mol. The van der Waals surface area contributed by atoms with Crippen molar-refractivity contribution in [3.05, 3.63) is 0 Å². The molecule has 110 valence electrons. The summed E-state index contributed by atoms with van der Waals surface area (Å²) in [5, 5.41) is 0. The van der Waals surface area contributed by atoms with Gasteiger partial charge < -0.3 is 9.64 Å². The Morgan fingerprint density at radius 1 is 1.32 bits per heavy atom. The normalized spacial score (nSPS) is 25.5. The lowest BCUT2D eigenvalue weighted by atomic mass is 10.0. The Balaban J connectivity index is 1.55. The van der Waals surface area contributed by atoms with Gasteiger partial charge in [0.1, 0.15) is 0 Å². The molecule has 1 unspecified atom stereocenters. The van der Waals surface area contributed by atoms with Crippen LogP contribution >= 0.6 is 11.8 Å². The van der Waals surface area contributed by atoms with Crippen LogP contribution in [-0.2, 0) is 9.53 Å². The highest BCUT2D eigenvalue weighted by Crippen LogP contribution is 2.16. The molecule has 2 aliphatic rings. The maximum Gasteiger partial charge on any atom is 0.232 e. The molecule has 2 fully saturated rings. The predicted octanol–water partition coefficient (Wildman–Crippen LogP) is 1.31. The van der Waals surface area contributed by atoms with E-state index >= 15 is 0 Å². The molecule has 5 heteroatoms. The van der Waals surface area contributed by atoms with Crippen molar-refractivity contribution in [2.75, 3.05) is 57.4 Å². The van der Waals surface area contributed by atoms with E-state index in [2.05, 4.69) is 16.7 Å². The van der Waals surface area contributed by atoms with E-state index in [0.717, 1.165) is 51.7 Å². The predicted molar refractivity (Wildman–Crippen MR) is 79.6 cm³/mol. The van der Waals surface area contributed by atoms with Crippen LogP contribution in [0.2, 0.25) is 0 Å². The molecule has 0 aliphatic carbocycles. The molecule has 2 heterocycles. The molecule has 0 aromatic carbocycles.